The molecule has 0 spiro atoms. The van der Waals surface area contributed by atoms with Crippen LogP contribution in [0.25, 0.3) is 10.9 Å². The van der Waals surface area contributed by atoms with Crippen LogP contribution < -0.4 is 10.5 Å². The highest BCUT2D eigenvalue weighted by Gasteiger charge is 2.25. The fourth-order valence-electron chi connectivity index (χ4n) is 4.42. The van der Waals surface area contributed by atoms with Crippen LogP contribution in [0.3, 0.4) is 0 Å². The molecule has 2 aliphatic rings. The SMILES string of the molecule is O=C(CC1CCCC1)N1CCN(c2ccc3c(=O)n(CCO)cnc3c2)CC1. The Morgan fingerprint density at radius 3 is 2.61 bits per heavy atom. The van der Waals surface area contributed by atoms with Gasteiger partial charge in [-0.05, 0) is 37.0 Å². The van der Waals surface area contributed by atoms with Crippen molar-refractivity contribution >= 4 is 22.5 Å². The van der Waals surface area contributed by atoms with Crippen LogP contribution in [0.1, 0.15) is 32.1 Å². The maximum absolute atomic E-state index is 12.5. The number of carbonyl (C=O) groups is 1. The summed E-state index contributed by atoms with van der Waals surface area (Å²) in [6.45, 7) is 3.24. The van der Waals surface area contributed by atoms with Gasteiger partial charge in [0, 0.05) is 38.3 Å². The monoisotopic (exact) mass is 384 g/mol. The van der Waals surface area contributed by atoms with E-state index in [4.69, 9.17) is 5.11 Å². The average Bonchev–Trinajstić information content (AvgIpc) is 3.23. The number of nitrogens with zero attached hydrogens (tertiary/aromatic N) is 4. The molecule has 1 saturated carbocycles. The fraction of sp³-hybridized carbons (Fsp3) is 0.571. The third-order valence-electron chi connectivity index (χ3n) is 6.09. The van der Waals surface area contributed by atoms with Crippen LogP contribution in [0, 0.1) is 5.92 Å². The molecule has 1 aliphatic heterocycles. The van der Waals surface area contributed by atoms with E-state index in [0.29, 0.717) is 29.1 Å². The Hall–Kier alpha value is -2.41. The molecular weight excluding hydrogens is 356 g/mol. The molecule has 2 heterocycles. The van der Waals surface area contributed by atoms with Crippen molar-refractivity contribution in [3.05, 3.63) is 34.9 Å². The molecule has 7 heteroatoms. The number of aliphatic hydroxyl groups excluding tert-OH is 1. The van der Waals surface area contributed by atoms with Crippen LogP contribution in [0.2, 0.25) is 0 Å². The molecule has 150 valence electrons. The van der Waals surface area contributed by atoms with Gasteiger partial charge in [-0.1, -0.05) is 12.8 Å². The second-order valence-corrected chi connectivity index (χ2v) is 7.89. The molecule has 1 aromatic heterocycles. The molecule has 0 atom stereocenters. The van der Waals surface area contributed by atoms with E-state index in [1.54, 1.807) is 0 Å². The van der Waals surface area contributed by atoms with Gasteiger partial charge < -0.3 is 14.9 Å². The van der Waals surface area contributed by atoms with Crippen molar-refractivity contribution in [1.29, 1.82) is 0 Å². The first-order valence-corrected chi connectivity index (χ1v) is 10.3. The number of amides is 1. The lowest BCUT2D eigenvalue weighted by molar-refractivity contribution is -0.132. The first kappa shape index (κ1) is 18.9. The third kappa shape index (κ3) is 3.90. The molecule has 0 radical (unpaired) electrons. The first-order valence-electron chi connectivity index (χ1n) is 10.3. The van der Waals surface area contributed by atoms with Crippen LogP contribution in [0.5, 0.6) is 0 Å². The zero-order chi connectivity index (χ0) is 19.5. The van der Waals surface area contributed by atoms with Gasteiger partial charge in [-0.2, -0.15) is 0 Å². The summed E-state index contributed by atoms with van der Waals surface area (Å²) in [7, 11) is 0. The Morgan fingerprint density at radius 2 is 1.89 bits per heavy atom. The summed E-state index contributed by atoms with van der Waals surface area (Å²) in [5.74, 6) is 0.892. The zero-order valence-electron chi connectivity index (χ0n) is 16.2. The summed E-state index contributed by atoms with van der Waals surface area (Å²) < 4.78 is 1.43. The van der Waals surface area contributed by atoms with E-state index in [-0.39, 0.29) is 18.7 Å². The lowest BCUT2D eigenvalue weighted by Crippen LogP contribution is -2.49. The van der Waals surface area contributed by atoms with Crippen molar-refractivity contribution in [1.82, 2.24) is 14.5 Å². The van der Waals surface area contributed by atoms with Gasteiger partial charge in [0.1, 0.15) is 0 Å². The van der Waals surface area contributed by atoms with E-state index in [1.807, 2.05) is 23.1 Å². The highest BCUT2D eigenvalue weighted by Crippen LogP contribution is 2.28. The highest BCUT2D eigenvalue weighted by atomic mass is 16.3. The molecule has 1 aromatic carbocycles. The maximum Gasteiger partial charge on any atom is 0.261 e. The quantitative estimate of drug-likeness (QED) is 0.848. The minimum atomic E-state index is -0.132. The zero-order valence-corrected chi connectivity index (χ0v) is 16.2. The summed E-state index contributed by atoms with van der Waals surface area (Å²) >= 11 is 0. The molecule has 2 aromatic rings. The number of fused-ring (bicyclic) bond motifs is 1. The number of rotatable bonds is 5. The van der Waals surface area contributed by atoms with Crippen molar-refractivity contribution in [2.45, 2.75) is 38.6 Å². The highest BCUT2D eigenvalue weighted by molar-refractivity contribution is 5.81. The van der Waals surface area contributed by atoms with Gasteiger partial charge in [-0.25, -0.2) is 4.98 Å². The molecular formula is C21H28N4O3. The second-order valence-electron chi connectivity index (χ2n) is 7.89. The molecule has 28 heavy (non-hydrogen) atoms. The summed E-state index contributed by atoms with van der Waals surface area (Å²) in [5, 5.41) is 9.61. The van der Waals surface area contributed by atoms with Gasteiger partial charge in [0.05, 0.1) is 30.4 Å². The summed E-state index contributed by atoms with van der Waals surface area (Å²) in [5.41, 5.74) is 1.56. The van der Waals surface area contributed by atoms with Gasteiger partial charge in [-0.15, -0.1) is 0 Å². The fourth-order valence-corrected chi connectivity index (χ4v) is 4.42. The van der Waals surface area contributed by atoms with Crippen molar-refractivity contribution in [2.75, 3.05) is 37.7 Å². The lowest BCUT2D eigenvalue weighted by atomic mass is 10.0. The molecule has 0 unspecified atom stereocenters. The standard InChI is InChI=1S/C21H28N4O3/c26-12-11-25-15-22-19-14-17(5-6-18(19)21(25)28)23-7-9-24(10-8-23)20(27)13-16-3-1-2-4-16/h5-6,14-16,26H,1-4,7-13H2. The molecule has 4 rings (SSSR count). The number of piperazine rings is 1. The second kappa shape index (κ2) is 8.31. The van der Waals surface area contributed by atoms with Gasteiger partial charge in [0.25, 0.3) is 5.56 Å². The Labute approximate surface area is 164 Å². The van der Waals surface area contributed by atoms with Crippen LogP contribution in [-0.2, 0) is 11.3 Å². The number of aromatic nitrogens is 2. The van der Waals surface area contributed by atoms with Gasteiger partial charge >= 0.3 is 0 Å². The van der Waals surface area contributed by atoms with Crippen molar-refractivity contribution in [3.8, 4) is 0 Å². The number of anilines is 1. The third-order valence-corrected chi connectivity index (χ3v) is 6.09. The van der Waals surface area contributed by atoms with Crippen molar-refractivity contribution in [3.63, 3.8) is 0 Å². The predicted molar refractivity (Wildman–Crippen MR) is 108 cm³/mol. The molecule has 1 N–H and O–H groups in total. The number of aliphatic hydroxyl groups is 1. The summed E-state index contributed by atoms with van der Waals surface area (Å²) in [6, 6.07) is 5.70. The van der Waals surface area contributed by atoms with Crippen LogP contribution >= 0.6 is 0 Å². The van der Waals surface area contributed by atoms with Gasteiger partial charge in [-0.3, -0.25) is 14.2 Å². The maximum atomic E-state index is 12.5. The lowest BCUT2D eigenvalue weighted by Gasteiger charge is -2.36. The van der Waals surface area contributed by atoms with E-state index in [9.17, 15) is 9.59 Å². The van der Waals surface area contributed by atoms with Gasteiger partial charge in [0.2, 0.25) is 5.91 Å². The minimum Gasteiger partial charge on any atom is -0.395 e. The number of hydrogen-bond donors (Lipinski definition) is 1. The Bertz CT molecular complexity index is 896. The van der Waals surface area contributed by atoms with E-state index >= 15 is 0 Å². The predicted octanol–water partition coefficient (Wildman–Crippen LogP) is 1.62. The Kier molecular flexibility index (Phi) is 5.62. The van der Waals surface area contributed by atoms with E-state index < -0.39 is 0 Å². The molecule has 1 saturated heterocycles. The van der Waals surface area contributed by atoms with Crippen LogP contribution in [0.15, 0.2) is 29.3 Å². The summed E-state index contributed by atoms with van der Waals surface area (Å²) in [6.07, 6.45) is 7.15. The van der Waals surface area contributed by atoms with Crippen LogP contribution in [0.4, 0.5) is 5.69 Å². The largest absolute Gasteiger partial charge is 0.395 e. The first-order chi connectivity index (χ1) is 13.7. The molecule has 7 nitrogen and oxygen atoms in total. The molecule has 1 amide bonds. The Balaban J connectivity index is 1.41. The van der Waals surface area contributed by atoms with Crippen molar-refractivity contribution < 1.29 is 9.90 Å². The smallest absolute Gasteiger partial charge is 0.261 e. The minimum absolute atomic E-state index is 0.0884. The van der Waals surface area contributed by atoms with Crippen LogP contribution in [-0.4, -0.2) is 58.3 Å². The average molecular weight is 384 g/mol. The normalized spacial score (nSPS) is 18.2. The number of benzene rings is 1. The van der Waals surface area contributed by atoms with Gasteiger partial charge in [0.15, 0.2) is 0 Å². The van der Waals surface area contributed by atoms with E-state index in [2.05, 4.69) is 9.88 Å². The van der Waals surface area contributed by atoms with Crippen molar-refractivity contribution in [2.24, 2.45) is 5.92 Å². The number of hydrogen-bond acceptors (Lipinski definition) is 5. The topological polar surface area (TPSA) is 78.7 Å². The molecule has 0 bridgehead atoms. The number of carbonyl (C=O) groups excluding carboxylic acids is 1. The molecule has 2 fully saturated rings. The summed E-state index contributed by atoms with van der Waals surface area (Å²) in [4.78, 5) is 33.6. The van der Waals surface area contributed by atoms with E-state index in [1.165, 1.54) is 36.6 Å². The molecule has 1 aliphatic carbocycles. The Morgan fingerprint density at radius 1 is 1.14 bits per heavy atom. The van der Waals surface area contributed by atoms with E-state index in [0.717, 1.165) is 31.9 Å².